The quantitative estimate of drug-likeness (QED) is 0.774. The second-order valence-corrected chi connectivity index (χ2v) is 5.60. The lowest BCUT2D eigenvalue weighted by Crippen LogP contribution is -2.08. The standard InChI is InChI=1S/C15H9F3N2O2S/c16-15(17,18)13-8-11(12-5-2-6-23-12)20(19-13)10-4-1-3-9(7-10)14(21)22/h1-8H,(H,21,22). The van der Waals surface area contributed by atoms with Gasteiger partial charge in [-0.15, -0.1) is 11.3 Å². The molecule has 0 aliphatic rings. The van der Waals surface area contributed by atoms with Crippen LogP contribution in [0.4, 0.5) is 13.2 Å². The van der Waals surface area contributed by atoms with Crippen molar-refractivity contribution in [3.05, 3.63) is 59.1 Å². The summed E-state index contributed by atoms with van der Waals surface area (Å²) < 4.78 is 40.1. The Morgan fingerprint density at radius 2 is 1.96 bits per heavy atom. The molecule has 1 N–H and O–H groups in total. The second-order valence-electron chi connectivity index (χ2n) is 4.66. The maximum Gasteiger partial charge on any atom is 0.435 e. The molecule has 2 heterocycles. The molecule has 1 aromatic carbocycles. The molecule has 3 rings (SSSR count). The Balaban J connectivity index is 2.20. The van der Waals surface area contributed by atoms with Crippen LogP contribution in [0.2, 0.25) is 0 Å². The highest BCUT2D eigenvalue weighted by molar-refractivity contribution is 7.13. The number of hydrogen-bond acceptors (Lipinski definition) is 3. The summed E-state index contributed by atoms with van der Waals surface area (Å²) in [6.07, 6.45) is -4.58. The van der Waals surface area contributed by atoms with Crippen LogP contribution in [0.25, 0.3) is 16.3 Å². The van der Waals surface area contributed by atoms with Crippen LogP contribution < -0.4 is 0 Å². The van der Waals surface area contributed by atoms with Gasteiger partial charge >= 0.3 is 12.1 Å². The number of benzene rings is 1. The molecule has 0 aliphatic carbocycles. The number of carboxylic acid groups (broad SMARTS) is 1. The minimum Gasteiger partial charge on any atom is -0.478 e. The van der Waals surface area contributed by atoms with Crippen molar-refractivity contribution in [3.63, 3.8) is 0 Å². The number of thiophene rings is 1. The van der Waals surface area contributed by atoms with Gasteiger partial charge in [-0.3, -0.25) is 0 Å². The third-order valence-corrected chi connectivity index (χ3v) is 4.00. The smallest absolute Gasteiger partial charge is 0.435 e. The zero-order valence-electron chi connectivity index (χ0n) is 11.4. The molecule has 8 heteroatoms. The summed E-state index contributed by atoms with van der Waals surface area (Å²) in [4.78, 5) is 11.7. The minimum absolute atomic E-state index is 0.0244. The summed E-state index contributed by atoms with van der Waals surface area (Å²) in [6.45, 7) is 0. The third kappa shape index (κ3) is 2.98. The van der Waals surface area contributed by atoms with E-state index in [0.717, 1.165) is 10.7 Å². The van der Waals surface area contributed by atoms with Crippen LogP contribution >= 0.6 is 11.3 Å². The predicted molar refractivity (Wildman–Crippen MR) is 78.8 cm³/mol. The zero-order valence-corrected chi connectivity index (χ0v) is 12.2. The van der Waals surface area contributed by atoms with Crippen LogP contribution in [0, 0.1) is 0 Å². The minimum atomic E-state index is -4.58. The topological polar surface area (TPSA) is 55.1 Å². The maximum atomic E-state index is 13.0. The Hall–Kier alpha value is -2.61. The zero-order chi connectivity index (χ0) is 16.6. The van der Waals surface area contributed by atoms with Crippen molar-refractivity contribution in [1.82, 2.24) is 9.78 Å². The fourth-order valence-electron chi connectivity index (χ4n) is 2.09. The molecule has 0 atom stereocenters. The van der Waals surface area contributed by atoms with Crippen molar-refractivity contribution in [1.29, 1.82) is 0 Å². The number of halogens is 3. The second kappa shape index (κ2) is 5.54. The van der Waals surface area contributed by atoms with Crippen molar-refractivity contribution < 1.29 is 23.1 Å². The first-order valence-electron chi connectivity index (χ1n) is 6.41. The summed E-state index contributed by atoms with van der Waals surface area (Å²) in [5.74, 6) is -1.16. The monoisotopic (exact) mass is 338 g/mol. The lowest BCUT2D eigenvalue weighted by atomic mass is 10.2. The van der Waals surface area contributed by atoms with Crippen LogP contribution in [0.3, 0.4) is 0 Å². The summed E-state index contributed by atoms with van der Waals surface area (Å²) in [5, 5.41) is 14.4. The van der Waals surface area contributed by atoms with Gasteiger partial charge in [-0.05, 0) is 35.7 Å². The van der Waals surface area contributed by atoms with E-state index in [4.69, 9.17) is 5.11 Å². The van der Waals surface area contributed by atoms with E-state index in [1.54, 1.807) is 17.5 Å². The molecule has 0 unspecified atom stereocenters. The van der Waals surface area contributed by atoms with Gasteiger partial charge < -0.3 is 5.11 Å². The molecule has 3 aromatic rings. The van der Waals surface area contributed by atoms with Crippen molar-refractivity contribution in [3.8, 4) is 16.3 Å². The molecule has 118 valence electrons. The lowest BCUT2D eigenvalue weighted by molar-refractivity contribution is -0.141. The van der Waals surface area contributed by atoms with E-state index >= 15 is 0 Å². The number of carboxylic acids is 1. The maximum absolute atomic E-state index is 13.0. The largest absolute Gasteiger partial charge is 0.478 e. The van der Waals surface area contributed by atoms with Gasteiger partial charge in [-0.2, -0.15) is 18.3 Å². The third-order valence-electron chi connectivity index (χ3n) is 3.11. The van der Waals surface area contributed by atoms with Crippen LogP contribution in [0.15, 0.2) is 47.8 Å². The van der Waals surface area contributed by atoms with E-state index in [9.17, 15) is 18.0 Å². The van der Waals surface area contributed by atoms with E-state index in [0.29, 0.717) is 4.88 Å². The predicted octanol–water partition coefficient (Wildman–Crippen LogP) is 4.32. The summed E-state index contributed by atoms with van der Waals surface area (Å²) >= 11 is 1.27. The number of aromatic carboxylic acids is 1. The Kier molecular flexibility index (Phi) is 3.69. The summed E-state index contributed by atoms with van der Waals surface area (Å²) in [6, 6.07) is 9.98. The van der Waals surface area contributed by atoms with Gasteiger partial charge in [0.15, 0.2) is 5.69 Å². The number of hydrogen-bond donors (Lipinski definition) is 1. The number of carbonyl (C=O) groups is 1. The van der Waals surface area contributed by atoms with Crippen LogP contribution in [0.1, 0.15) is 16.1 Å². The van der Waals surface area contributed by atoms with Gasteiger partial charge in [0, 0.05) is 0 Å². The number of rotatable bonds is 3. The molecule has 0 aliphatic heterocycles. The average Bonchev–Trinajstić information content (AvgIpc) is 3.15. The summed E-state index contributed by atoms with van der Waals surface area (Å²) in [5.41, 5.74) is -0.538. The van der Waals surface area contributed by atoms with Crippen molar-refractivity contribution in [2.24, 2.45) is 0 Å². The molecular formula is C15H9F3N2O2S. The average molecular weight is 338 g/mol. The Morgan fingerprint density at radius 3 is 2.57 bits per heavy atom. The lowest BCUT2D eigenvalue weighted by Gasteiger charge is -2.07. The van der Waals surface area contributed by atoms with E-state index in [1.165, 1.54) is 35.6 Å². The first-order chi connectivity index (χ1) is 10.9. The molecular weight excluding hydrogens is 329 g/mol. The molecule has 0 radical (unpaired) electrons. The van der Waals surface area contributed by atoms with Gasteiger partial charge in [0.05, 0.1) is 21.8 Å². The fourth-order valence-corrected chi connectivity index (χ4v) is 2.81. The molecule has 0 saturated heterocycles. The van der Waals surface area contributed by atoms with E-state index in [2.05, 4.69) is 5.10 Å². The molecule has 4 nitrogen and oxygen atoms in total. The molecule has 0 amide bonds. The van der Waals surface area contributed by atoms with Crippen molar-refractivity contribution in [2.75, 3.05) is 0 Å². The van der Waals surface area contributed by atoms with Gasteiger partial charge in [-0.1, -0.05) is 12.1 Å². The molecule has 0 bridgehead atoms. The number of aromatic nitrogens is 2. The van der Waals surface area contributed by atoms with E-state index in [-0.39, 0.29) is 16.9 Å². The van der Waals surface area contributed by atoms with E-state index < -0.39 is 17.8 Å². The van der Waals surface area contributed by atoms with Crippen molar-refractivity contribution in [2.45, 2.75) is 6.18 Å². The molecule has 0 spiro atoms. The van der Waals surface area contributed by atoms with E-state index in [1.807, 2.05) is 0 Å². The van der Waals surface area contributed by atoms with Gasteiger partial charge in [0.2, 0.25) is 0 Å². The number of nitrogens with zero attached hydrogens (tertiary/aromatic N) is 2. The SMILES string of the molecule is O=C(O)c1cccc(-n2nc(C(F)(F)F)cc2-c2cccs2)c1. The van der Waals surface area contributed by atoms with Crippen molar-refractivity contribution >= 4 is 17.3 Å². The first kappa shape index (κ1) is 15.3. The van der Waals surface area contributed by atoms with Gasteiger partial charge in [-0.25, -0.2) is 9.48 Å². The van der Waals surface area contributed by atoms with Gasteiger partial charge in [0.25, 0.3) is 0 Å². The Labute approximate surface area is 132 Å². The summed E-state index contributed by atoms with van der Waals surface area (Å²) in [7, 11) is 0. The van der Waals surface area contributed by atoms with Crippen LogP contribution in [-0.2, 0) is 6.18 Å². The highest BCUT2D eigenvalue weighted by atomic mass is 32.1. The first-order valence-corrected chi connectivity index (χ1v) is 7.29. The normalized spacial score (nSPS) is 11.6. The Morgan fingerprint density at radius 1 is 1.17 bits per heavy atom. The molecule has 2 aromatic heterocycles. The fraction of sp³-hybridized carbons (Fsp3) is 0.0667. The van der Waals surface area contributed by atoms with Crippen LogP contribution in [0.5, 0.6) is 0 Å². The van der Waals surface area contributed by atoms with Crippen LogP contribution in [-0.4, -0.2) is 20.9 Å². The molecule has 0 fully saturated rings. The molecule has 0 saturated carbocycles. The highest BCUT2D eigenvalue weighted by Crippen LogP contribution is 2.34. The highest BCUT2D eigenvalue weighted by Gasteiger charge is 2.35. The Bertz CT molecular complexity index is 854. The molecule has 23 heavy (non-hydrogen) atoms. The van der Waals surface area contributed by atoms with Gasteiger partial charge in [0.1, 0.15) is 0 Å². The number of alkyl halides is 3.